The Labute approximate surface area is 141 Å². The van der Waals surface area contributed by atoms with E-state index in [0.717, 1.165) is 17.7 Å². The molecule has 2 aromatic carbocycles. The number of hydrogen-bond donors (Lipinski definition) is 2. The highest BCUT2D eigenvalue weighted by atomic mass is 35.5. The van der Waals surface area contributed by atoms with Crippen molar-refractivity contribution < 1.29 is 14.3 Å². The van der Waals surface area contributed by atoms with Crippen molar-refractivity contribution in [2.24, 2.45) is 0 Å². The summed E-state index contributed by atoms with van der Waals surface area (Å²) in [6.07, 6.45) is 1.34. The molecule has 0 saturated carbocycles. The van der Waals surface area contributed by atoms with Crippen LogP contribution in [0.25, 0.3) is 5.69 Å². The molecule has 0 atom stereocenters. The van der Waals surface area contributed by atoms with Crippen molar-refractivity contribution in [3.8, 4) is 11.4 Å². The molecule has 0 unspecified atom stereocenters. The van der Waals surface area contributed by atoms with Crippen molar-refractivity contribution in [3.05, 3.63) is 64.7 Å². The zero-order chi connectivity index (χ0) is 17.3. The summed E-state index contributed by atoms with van der Waals surface area (Å²) in [5, 5.41) is 20.2. The molecule has 0 radical (unpaired) electrons. The van der Waals surface area contributed by atoms with Crippen LogP contribution in [-0.4, -0.2) is 26.0 Å². The van der Waals surface area contributed by atoms with Gasteiger partial charge in [0.25, 0.3) is 5.91 Å². The number of phenols is 1. The average Bonchev–Trinajstić information content (AvgIpc) is 3.00. The number of aromatic hydroxyl groups is 1. The third kappa shape index (κ3) is 3.36. The molecule has 3 aromatic rings. The van der Waals surface area contributed by atoms with Crippen LogP contribution in [0.2, 0.25) is 5.02 Å². The predicted molar refractivity (Wildman–Crippen MR) is 87.1 cm³/mol. The summed E-state index contributed by atoms with van der Waals surface area (Å²) in [4.78, 5) is 12.3. The fourth-order valence-electron chi connectivity index (χ4n) is 2.10. The number of rotatable bonds is 3. The molecule has 1 heterocycles. The summed E-state index contributed by atoms with van der Waals surface area (Å²) in [5.74, 6) is -1.35. The highest BCUT2D eigenvalue weighted by Crippen LogP contribution is 2.21. The van der Waals surface area contributed by atoms with Crippen LogP contribution in [0.4, 0.5) is 10.1 Å². The normalized spacial score (nSPS) is 10.6. The number of phenolic OH excluding ortho intramolecular Hbond substituents is 1. The summed E-state index contributed by atoms with van der Waals surface area (Å²) in [7, 11) is 0. The number of hydrogen-bond acceptors (Lipinski definition) is 4. The standard InChI is InChI=1S/C16H12ClFN4O2/c1-9-2-3-10(17)4-14(9)19-16(24)15-8-22(21-20-15)12-5-11(18)6-13(23)7-12/h2-8,23H,1H3,(H,19,24). The van der Waals surface area contributed by atoms with Crippen LogP contribution in [0.15, 0.2) is 42.6 Å². The molecular formula is C16H12ClFN4O2. The van der Waals surface area contributed by atoms with E-state index in [1.54, 1.807) is 18.2 Å². The molecule has 8 heteroatoms. The van der Waals surface area contributed by atoms with Gasteiger partial charge in [0.2, 0.25) is 0 Å². The molecule has 1 aromatic heterocycles. The first-order valence-electron chi connectivity index (χ1n) is 6.92. The van der Waals surface area contributed by atoms with E-state index in [-0.39, 0.29) is 17.1 Å². The van der Waals surface area contributed by atoms with Crippen molar-refractivity contribution >= 4 is 23.2 Å². The van der Waals surface area contributed by atoms with Crippen LogP contribution in [0, 0.1) is 12.7 Å². The number of anilines is 1. The highest BCUT2D eigenvalue weighted by molar-refractivity contribution is 6.31. The van der Waals surface area contributed by atoms with Gasteiger partial charge < -0.3 is 10.4 Å². The van der Waals surface area contributed by atoms with E-state index in [1.807, 2.05) is 6.92 Å². The van der Waals surface area contributed by atoms with Gasteiger partial charge in [-0.25, -0.2) is 9.07 Å². The molecule has 0 saturated heterocycles. The monoisotopic (exact) mass is 346 g/mol. The summed E-state index contributed by atoms with van der Waals surface area (Å²) in [5.41, 5.74) is 1.69. The first-order chi connectivity index (χ1) is 11.4. The van der Waals surface area contributed by atoms with Gasteiger partial charge in [-0.3, -0.25) is 4.79 Å². The molecule has 0 fully saturated rings. The number of nitrogens with zero attached hydrogens (tertiary/aromatic N) is 3. The maximum absolute atomic E-state index is 13.3. The van der Waals surface area contributed by atoms with Crippen LogP contribution < -0.4 is 5.32 Å². The van der Waals surface area contributed by atoms with Crippen LogP contribution in [-0.2, 0) is 0 Å². The number of aryl methyl sites for hydroxylation is 1. The molecule has 0 aliphatic rings. The number of amides is 1. The molecule has 24 heavy (non-hydrogen) atoms. The largest absolute Gasteiger partial charge is 0.508 e. The zero-order valence-electron chi connectivity index (χ0n) is 12.5. The number of aromatic nitrogens is 3. The Morgan fingerprint density at radius 2 is 2.08 bits per heavy atom. The molecule has 0 aliphatic heterocycles. The van der Waals surface area contributed by atoms with Crippen molar-refractivity contribution in [2.45, 2.75) is 6.92 Å². The van der Waals surface area contributed by atoms with Gasteiger partial charge in [-0.05, 0) is 30.7 Å². The quantitative estimate of drug-likeness (QED) is 0.762. The number of carbonyl (C=O) groups is 1. The Morgan fingerprint density at radius 1 is 1.29 bits per heavy atom. The fraction of sp³-hybridized carbons (Fsp3) is 0.0625. The van der Waals surface area contributed by atoms with Crippen molar-refractivity contribution in [2.75, 3.05) is 5.32 Å². The summed E-state index contributed by atoms with van der Waals surface area (Å²) < 4.78 is 14.5. The highest BCUT2D eigenvalue weighted by Gasteiger charge is 2.14. The van der Waals surface area contributed by atoms with E-state index in [1.165, 1.54) is 16.9 Å². The first kappa shape index (κ1) is 15.9. The van der Waals surface area contributed by atoms with E-state index in [9.17, 15) is 14.3 Å². The topological polar surface area (TPSA) is 80.0 Å². The third-order valence-corrected chi connectivity index (χ3v) is 3.54. The minimum atomic E-state index is -0.624. The van der Waals surface area contributed by atoms with Gasteiger partial charge in [-0.1, -0.05) is 22.9 Å². The van der Waals surface area contributed by atoms with E-state index >= 15 is 0 Å². The van der Waals surface area contributed by atoms with Gasteiger partial charge in [-0.2, -0.15) is 0 Å². The second-order valence-electron chi connectivity index (χ2n) is 5.13. The molecule has 0 bridgehead atoms. The van der Waals surface area contributed by atoms with Gasteiger partial charge in [0.15, 0.2) is 5.69 Å². The summed E-state index contributed by atoms with van der Waals surface area (Å²) in [6, 6.07) is 8.57. The van der Waals surface area contributed by atoms with E-state index in [0.29, 0.717) is 10.7 Å². The second-order valence-corrected chi connectivity index (χ2v) is 5.57. The summed E-state index contributed by atoms with van der Waals surface area (Å²) in [6.45, 7) is 1.83. The van der Waals surface area contributed by atoms with Gasteiger partial charge in [0.1, 0.15) is 11.6 Å². The van der Waals surface area contributed by atoms with Crippen molar-refractivity contribution in [3.63, 3.8) is 0 Å². The lowest BCUT2D eigenvalue weighted by Gasteiger charge is -2.07. The second kappa shape index (κ2) is 6.29. The Hall–Kier alpha value is -2.93. The Bertz CT molecular complexity index is 906. The minimum Gasteiger partial charge on any atom is -0.508 e. The average molecular weight is 347 g/mol. The third-order valence-electron chi connectivity index (χ3n) is 3.31. The van der Waals surface area contributed by atoms with Crippen LogP contribution >= 0.6 is 11.6 Å². The molecular weight excluding hydrogens is 335 g/mol. The SMILES string of the molecule is Cc1ccc(Cl)cc1NC(=O)c1cn(-c2cc(O)cc(F)c2)nn1. The Balaban J connectivity index is 1.84. The molecule has 0 spiro atoms. The first-order valence-corrected chi connectivity index (χ1v) is 7.30. The van der Waals surface area contributed by atoms with Crippen LogP contribution in [0.5, 0.6) is 5.75 Å². The Kier molecular flexibility index (Phi) is 4.18. The number of benzene rings is 2. The van der Waals surface area contributed by atoms with Crippen LogP contribution in [0.1, 0.15) is 16.1 Å². The lowest BCUT2D eigenvalue weighted by atomic mass is 10.2. The van der Waals surface area contributed by atoms with Crippen molar-refractivity contribution in [1.82, 2.24) is 15.0 Å². The number of halogens is 2. The van der Waals surface area contributed by atoms with E-state index < -0.39 is 11.7 Å². The van der Waals surface area contributed by atoms with E-state index in [2.05, 4.69) is 15.6 Å². The number of carbonyl (C=O) groups excluding carboxylic acids is 1. The maximum atomic E-state index is 13.3. The summed E-state index contributed by atoms with van der Waals surface area (Å²) >= 11 is 5.92. The molecule has 1 amide bonds. The molecule has 122 valence electrons. The van der Waals surface area contributed by atoms with Crippen LogP contribution in [0.3, 0.4) is 0 Å². The van der Waals surface area contributed by atoms with Gasteiger partial charge in [0.05, 0.1) is 11.9 Å². The minimum absolute atomic E-state index is 0.0399. The fourth-order valence-corrected chi connectivity index (χ4v) is 2.27. The lowest BCUT2D eigenvalue weighted by Crippen LogP contribution is -2.13. The number of nitrogens with one attached hydrogen (secondary N) is 1. The molecule has 2 N–H and O–H groups in total. The lowest BCUT2D eigenvalue weighted by molar-refractivity contribution is 0.102. The Morgan fingerprint density at radius 3 is 2.83 bits per heavy atom. The van der Waals surface area contributed by atoms with E-state index in [4.69, 9.17) is 11.6 Å². The van der Waals surface area contributed by atoms with Gasteiger partial charge in [0, 0.05) is 22.8 Å². The predicted octanol–water partition coefficient (Wildman–Crippen LogP) is 3.33. The zero-order valence-corrected chi connectivity index (χ0v) is 13.3. The molecule has 6 nitrogen and oxygen atoms in total. The maximum Gasteiger partial charge on any atom is 0.277 e. The van der Waals surface area contributed by atoms with Gasteiger partial charge >= 0.3 is 0 Å². The molecule has 3 rings (SSSR count). The van der Waals surface area contributed by atoms with Gasteiger partial charge in [-0.15, -0.1) is 5.10 Å². The van der Waals surface area contributed by atoms with Crippen molar-refractivity contribution in [1.29, 1.82) is 0 Å². The smallest absolute Gasteiger partial charge is 0.277 e. The molecule has 0 aliphatic carbocycles.